The summed E-state index contributed by atoms with van der Waals surface area (Å²) in [6, 6.07) is 3.53. The highest BCUT2D eigenvalue weighted by molar-refractivity contribution is 6.30. The number of nitrogens with one attached hydrogen (secondary N) is 3. The van der Waals surface area contributed by atoms with Crippen LogP contribution in [-0.4, -0.2) is 47.6 Å². The number of hydrogen-bond donors (Lipinski definition) is 3. The molecule has 0 aliphatic carbocycles. The van der Waals surface area contributed by atoms with Crippen molar-refractivity contribution in [2.24, 2.45) is 0 Å². The molecule has 6 nitrogen and oxygen atoms in total. The monoisotopic (exact) mass is 374 g/mol. The smallest absolute Gasteiger partial charge is 0.155 e. The van der Waals surface area contributed by atoms with Gasteiger partial charge in [-0.25, -0.2) is 9.37 Å². The van der Waals surface area contributed by atoms with Crippen LogP contribution in [0.1, 0.15) is 5.56 Å². The predicted octanol–water partition coefficient (Wildman–Crippen LogP) is 1.66. The van der Waals surface area contributed by atoms with Crippen LogP contribution in [0, 0.1) is 5.82 Å². The molecule has 0 radical (unpaired) electrons. The third-order valence-electron chi connectivity index (χ3n) is 4.58. The lowest BCUT2D eigenvalue weighted by Crippen LogP contribution is -2.45. The van der Waals surface area contributed by atoms with E-state index in [1.807, 2.05) is 6.20 Å². The highest BCUT2D eigenvalue weighted by Crippen LogP contribution is 2.24. The maximum atomic E-state index is 14.7. The summed E-state index contributed by atoms with van der Waals surface area (Å²) in [5.41, 5.74) is 3.25. The second kappa shape index (κ2) is 7.47. The van der Waals surface area contributed by atoms with E-state index in [1.54, 1.807) is 18.3 Å². The van der Waals surface area contributed by atoms with Gasteiger partial charge in [-0.05, 0) is 6.07 Å². The van der Waals surface area contributed by atoms with Crippen LogP contribution in [0.3, 0.4) is 0 Å². The fourth-order valence-corrected chi connectivity index (χ4v) is 3.58. The lowest BCUT2D eigenvalue weighted by Gasteiger charge is -2.35. The van der Waals surface area contributed by atoms with E-state index in [2.05, 4.69) is 30.8 Å². The number of nitrogens with zero attached hydrogens (tertiary/aromatic N) is 3. The molecular weight excluding hydrogens is 355 g/mol. The Bertz CT molecular complexity index is 875. The molecule has 8 heteroatoms. The summed E-state index contributed by atoms with van der Waals surface area (Å²) < 4.78 is 14.7. The summed E-state index contributed by atoms with van der Waals surface area (Å²) in [4.78, 5) is 10.5. The zero-order chi connectivity index (χ0) is 17.9. The van der Waals surface area contributed by atoms with Crippen molar-refractivity contribution >= 4 is 22.6 Å². The number of aromatic nitrogens is 2. The molecule has 1 aromatic heterocycles. The molecule has 0 amide bonds. The van der Waals surface area contributed by atoms with E-state index in [0.29, 0.717) is 29.7 Å². The van der Waals surface area contributed by atoms with Crippen LogP contribution >= 0.6 is 11.6 Å². The van der Waals surface area contributed by atoms with Crippen LogP contribution < -0.4 is 16.0 Å². The van der Waals surface area contributed by atoms with Gasteiger partial charge in [-0.1, -0.05) is 17.7 Å². The van der Waals surface area contributed by atoms with Gasteiger partial charge >= 0.3 is 0 Å². The van der Waals surface area contributed by atoms with Crippen molar-refractivity contribution in [2.75, 3.05) is 32.7 Å². The summed E-state index contributed by atoms with van der Waals surface area (Å²) >= 11 is 6.48. The Labute approximate surface area is 156 Å². The minimum absolute atomic E-state index is 0.290. The average molecular weight is 375 g/mol. The normalized spacial score (nSPS) is 17.9. The Morgan fingerprint density at radius 2 is 2.00 bits per heavy atom. The standard InChI is InChI=1S/C18H20ClFN6/c19-13-10-22-11-15(18(13)26-7-5-21-6-8-26)25-9-12-1-2-14-17(16(12)20)24-4-3-23-14/h1-4,11,21-22,25H,5-10H2. The summed E-state index contributed by atoms with van der Waals surface area (Å²) in [5.74, 6) is -0.341. The van der Waals surface area contributed by atoms with E-state index in [-0.39, 0.29) is 5.82 Å². The van der Waals surface area contributed by atoms with Crippen LogP contribution in [0.25, 0.3) is 11.0 Å². The number of halogens is 2. The molecule has 0 bridgehead atoms. The van der Waals surface area contributed by atoms with Gasteiger partial charge in [0.15, 0.2) is 5.82 Å². The molecule has 0 spiro atoms. The minimum atomic E-state index is -0.341. The largest absolute Gasteiger partial charge is 0.384 e. The lowest BCUT2D eigenvalue weighted by atomic mass is 10.1. The predicted molar refractivity (Wildman–Crippen MR) is 99.7 cm³/mol. The van der Waals surface area contributed by atoms with Crippen LogP contribution in [0.2, 0.25) is 0 Å². The zero-order valence-electron chi connectivity index (χ0n) is 14.2. The molecule has 1 aromatic carbocycles. The third-order valence-corrected chi connectivity index (χ3v) is 4.89. The molecule has 3 N–H and O–H groups in total. The highest BCUT2D eigenvalue weighted by atomic mass is 35.5. The lowest BCUT2D eigenvalue weighted by molar-refractivity contribution is 0.297. The van der Waals surface area contributed by atoms with Gasteiger partial charge in [0.1, 0.15) is 5.52 Å². The number of rotatable bonds is 4. The summed E-state index contributed by atoms with van der Waals surface area (Å²) in [6.45, 7) is 4.57. The van der Waals surface area contributed by atoms with E-state index < -0.39 is 0 Å². The van der Waals surface area contributed by atoms with Crippen molar-refractivity contribution in [3.05, 3.63) is 58.5 Å². The van der Waals surface area contributed by atoms with Gasteiger partial charge in [-0.15, -0.1) is 0 Å². The van der Waals surface area contributed by atoms with Crippen LogP contribution in [0.15, 0.2) is 47.2 Å². The van der Waals surface area contributed by atoms with Crippen molar-refractivity contribution in [3.8, 4) is 0 Å². The van der Waals surface area contributed by atoms with Gasteiger partial charge in [0, 0.05) is 56.9 Å². The van der Waals surface area contributed by atoms with Gasteiger partial charge < -0.3 is 20.9 Å². The average Bonchev–Trinajstić information content (AvgIpc) is 2.68. The number of hydrogen-bond acceptors (Lipinski definition) is 6. The first-order valence-electron chi connectivity index (χ1n) is 8.64. The first-order valence-corrected chi connectivity index (χ1v) is 9.02. The van der Waals surface area contributed by atoms with Gasteiger partial charge in [0.2, 0.25) is 0 Å². The van der Waals surface area contributed by atoms with E-state index >= 15 is 0 Å². The molecule has 26 heavy (non-hydrogen) atoms. The number of benzene rings is 1. The Morgan fingerprint density at radius 3 is 2.85 bits per heavy atom. The van der Waals surface area contributed by atoms with E-state index in [4.69, 9.17) is 11.6 Å². The summed E-state index contributed by atoms with van der Waals surface area (Å²) in [5, 5.41) is 10.6. The molecule has 0 saturated carbocycles. The summed E-state index contributed by atoms with van der Waals surface area (Å²) in [7, 11) is 0. The number of dihydropyridines is 1. The maximum absolute atomic E-state index is 14.7. The van der Waals surface area contributed by atoms with Crippen molar-refractivity contribution in [2.45, 2.75) is 6.54 Å². The molecule has 0 atom stereocenters. The fraction of sp³-hybridized carbons (Fsp3) is 0.333. The van der Waals surface area contributed by atoms with Gasteiger partial charge in [-0.2, -0.15) is 0 Å². The van der Waals surface area contributed by atoms with Crippen LogP contribution in [-0.2, 0) is 6.54 Å². The van der Waals surface area contributed by atoms with Crippen LogP contribution in [0.4, 0.5) is 4.39 Å². The Hall–Kier alpha value is -2.38. The van der Waals surface area contributed by atoms with Crippen molar-refractivity contribution in [3.63, 3.8) is 0 Å². The molecule has 1 saturated heterocycles. The SMILES string of the molecule is Fc1c(CNC2=CNCC(Cl)=C2N2CCNCC2)ccc2nccnc12. The molecule has 2 aliphatic heterocycles. The number of piperazine rings is 1. The van der Waals surface area contributed by atoms with Gasteiger partial charge in [-0.3, -0.25) is 4.98 Å². The summed E-state index contributed by atoms with van der Waals surface area (Å²) in [6.07, 6.45) is 4.97. The first-order chi connectivity index (χ1) is 12.7. The van der Waals surface area contributed by atoms with E-state index in [0.717, 1.165) is 42.6 Å². The molecular formula is C18H20ClFN6. The Morgan fingerprint density at radius 1 is 1.19 bits per heavy atom. The van der Waals surface area contributed by atoms with E-state index in [9.17, 15) is 4.39 Å². The molecule has 3 heterocycles. The fourth-order valence-electron chi connectivity index (χ4n) is 3.28. The quantitative estimate of drug-likeness (QED) is 0.756. The Balaban J connectivity index is 1.55. The molecule has 4 rings (SSSR count). The molecule has 0 unspecified atom stereocenters. The van der Waals surface area contributed by atoms with Crippen LogP contribution in [0.5, 0.6) is 0 Å². The maximum Gasteiger partial charge on any atom is 0.155 e. The molecule has 1 fully saturated rings. The van der Waals surface area contributed by atoms with Crippen molar-refractivity contribution < 1.29 is 4.39 Å². The highest BCUT2D eigenvalue weighted by Gasteiger charge is 2.22. The van der Waals surface area contributed by atoms with Gasteiger partial charge in [0.25, 0.3) is 0 Å². The first kappa shape index (κ1) is 17.1. The molecule has 2 aromatic rings. The molecule has 136 valence electrons. The Kier molecular flexibility index (Phi) is 4.90. The van der Waals surface area contributed by atoms with Gasteiger partial charge in [0.05, 0.1) is 28.5 Å². The second-order valence-electron chi connectivity index (χ2n) is 6.25. The third kappa shape index (κ3) is 3.32. The molecule has 2 aliphatic rings. The zero-order valence-corrected chi connectivity index (χ0v) is 15.0. The number of fused-ring (bicyclic) bond motifs is 1. The van der Waals surface area contributed by atoms with E-state index in [1.165, 1.54) is 6.20 Å². The minimum Gasteiger partial charge on any atom is -0.384 e. The van der Waals surface area contributed by atoms with Crippen molar-refractivity contribution in [1.82, 2.24) is 30.8 Å². The van der Waals surface area contributed by atoms with Crippen molar-refractivity contribution in [1.29, 1.82) is 0 Å². The second-order valence-corrected chi connectivity index (χ2v) is 6.70. The topological polar surface area (TPSA) is 65.1 Å².